The fourth-order valence-corrected chi connectivity index (χ4v) is 3.90. The number of aryl methyl sites for hydroxylation is 1. The van der Waals surface area contributed by atoms with Crippen LogP contribution in [0.15, 0.2) is 54.6 Å². The molecule has 1 aliphatic rings. The minimum Gasteiger partial charge on any atom is -0.381 e. The molecule has 0 bridgehead atoms. The van der Waals surface area contributed by atoms with Crippen LogP contribution >= 0.6 is 0 Å². The molecule has 0 atom stereocenters. The van der Waals surface area contributed by atoms with Gasteiger partial charge in [0, 0.05) is 25.9 Å². The van der Waals surface area contributed by atoms with Crippen molar-refractivity contribution in [3.63, 3.8) is 0 Å². The molecule has 2 amide bonds. The summed E-state index contributed by atoms with van der Waals surface area (Å²) in [6, 6.07) is 17.6. The smallest absolute Gasteiger partial charge is 0.243 e. The normalized spacial score (nSPS) is 15.6. The molecule has 0 unspecified atom stereocenters. The molecule has 28 heavy (non-hydrogen) atoms. The highest BCUT2D eigenvalue weighted by molar-refractivity contribution is 5.97. The molecule has 1 fully saturated rings. The molecule has 148 valence electrons. The number of nitrogens with zero attached hydrogens (tertiary/aromatic N) is 1. The average molecular weight is 380 g/mol. The Labute approximate surface area is 166 Å². The zero-order chi connectivity index (χ0) is 20.0. The number of rotatable bonds is 6. The highest BCUT2D eigenvalue weighted by atomic mass is 16.5. The number of likely N-dealkylation sites (N-methyl/N-ethyl adjacent to an activating group) is 1. The summed E-state index contributed by atoms with van der Waals surface area (Å²) >= 11 is 0. The molecule has 2 aromatic rings. The first-order valence-electron chi connectivity index (χ1n) is 9.83. The van der Waals surface area contributed by atoms with Gasteiger partial charge < -0.3 is 15.0 Å². The van der Waals surface area contributed by atoms with Crippen molar-refractivity contribution in [2.24, 2.45) is 0 Å². The minimum absolute atomic E-state index is 0.0202. The van der Waals surface area contributed by atoms with Crippen LogP contribution in [0.25, 0.3) is 0 Å². The lowest BCUT2D eigenvalue weighted by Crippen LogP contribution is -2.50. The van der Waals surface area contributed by atoms with E-state index < -0.39 is 5.41 Å². The number of benzene rings is 2. The predicted molar refractivity (Wildman–Crippen MR) is 110 cm³/mol. The Morgan fingerprint density at radius 1 is 1.04 bits per heavy atom. The van der Waals surface area contributed by atoms with Crippen molar-refractivity contribution in [1.29, 1.82) is 0 Å². The van der Waals surface area contributed by atoms with E-state index in [-0.39, 0.29) is 18.4 Å². The van der Waals surface area contributed by atoms with E-state index in [1.807, 2.05) is 54.6 Å². The zero-order valence-corrected chi connectivity index (χ0v) is 16.6. The van der Waals surface area contributed by atoms with Crippen LogP contribution in [0, 0.1) is 0 Å². The molecule has 1 saturated heterocycles. The summed E-state index contributed by atoms with van der Waals surface area (Å²) in [6.45, 7) is 3.16. The highest BCUT2D eigenvalue weighted by Gasteiger charge is 2.43. The third kappa shape index (κ3) is 4.25. The summed E-state index contributed by atoms with van der Waals surface area (Å²) < 4.78 is 5.51. The Hall–Kier alpha value is -2.66. The Bertz CT molecular complexity index is 814. The fraction of sp³-hybridized carbons (Fsp3) is 0.391. The van der Waals surface area contributed by atoms with Gasteiger partial charge in [-0.1, -0.05) is 55.5 Å². The van der Waals surface area contributed by atoms with Crippen molar-refractivity contribution < 1.29 is 14.3 Å². The van der Waals surface area contributed by atoms with Gasteiger partial charge in [0.25, 0.3) is 0 Å². The van der Waals surface area contributed by atoms with Crippen LogP contribution in [0.1, 0.15) is 30.9 Å². The molecule has 1 N–H and O–H groups in total. The first kappa shape index (κ1) is 20.1. The number of nitrogens with one attached hydrogen (secondary N) is 1. The first-order chi connectivity index (χ1) is 13.6. The van der Waals surface area contributed by atoms with Crippen molar-refractivity contribution >= 4 is 17.5 Å². The Morgan fingerprint density at radius 2 is 1.68 bits per heavy atom. The van der Waals surface area contributed by atoms with E-state index in [1.54, 1.807) is 11.9 Å². The van der Waals surface area contributed by atoms with E-state index in [9.17, 15) is 9.59 Å². The molecular weight excluding hydrogens is 352 g/mol. The second kappa shape index (κ2) is 9.02. The van der Waals surface area contributed by atoms with Gasteiger partial charge >= 0.3 is 0 Å². The summed E-state index contributed by atoms with van der Waals surface area (Å²) in [7, 11) is 1.70. The van der Waals surface area contributed by atoms with E-state index in [2.05, 4.69) is 12.2 Å². The van der Waals surface area contributed by atoms with Gasteiger partial charge in [0.1, 0.15) is 0 Å². The summed E-state index contributed by atoms with van der Waals surface area (Å²) in [6.07, 6.45) is 2.09. The summed E-state index contributed by atoms with van der Waals surface area (Å²) in [5, 5.41) is 2.94. The molecule has 0 saturated carbocycles. The molecule has 3 rings (SSSR count). The van der Waals surface area contributed by atoms with E-state index >= 15 is 0 Å². The van der Waals surface area contributed by atoms with E-state index in [0.717, 1.165) is 23.2 Å². The second-order valence-electron chi connectivity index (χ2n) is 7.28. The van der Waals surface area contributed by atoms with Crippen LogP contribution in [0.2, 0.25) is 0 Å². The van der Waals surface area contributed by atoms with Gasteiger partial charge in [-0.3, -0.25) is 9.59 Å². The number of anilines is 1. The number of amides is 2. The van der Waals surface area contributed by atoms with Gasteiger partial charge in [-0.25, -0.2) is 0 Å². The number of carbonyl (C=O) groups excluding carboxylic acids is 2. The lowest BCUT2D eigenvalue weighted by atomic mass is 9.73. The number of hydrogen-bond acceptors (Lipinski definition) is 3. The maximum Gasteiger partial charge on any atom is 0.243 e. The Morgan fingerprint density at radius 3 is 2.36 bits per heavy atom. The molecular formula is C23H28N2O3. The second-order valence-corrected chi connectivity index (χ2v) is 7.28. The van der Waals surface area contributed by atoms with E-state index in [4.69, 9.17) is 4.74 Å². The van der Waals surface area contributed by atoms with Gasteiger partial charge in [0.05, 0.1) is 12.0 Å². The molecule has 1 heterocycles. The highest BCUT2D eigenvalue weighted by Crippen LogP contribution is 2.36. The monoisotopic (exact) mass is 380 g/mol. The van der Waals surface area contributed by atoms with E-state index in [0.29, 0.717) is 26.1 Å². The third-order valence-corrected chi connectivity index (χ3v) is 5.48. The van der Waals surface area contributed by atoms with Crippen LogP contribution in [-0.2, 0) is 26.2 Å². The van der Waals surface area contributed by atoms with Crippen molar-refractivity contribution in [1.82, 2.24) is 4.90 Å². The quantitative estimate of drug-likeness (QED) is 0.836. The van der Waals surface area contributed by atoms with Crippen molar-refractivity contribution in [3.8, 4) is 0 Å². The predicted octanol–water partition coefficient (Wildman–Crippen LogP) is 3.39. The third-order valence-electron chi connectivity index (χ3n) is 5.48. The zero-order valence-electron chi connectivity index (χ0n) is 16.6. The topological polar surface area (TPSA) is 58.6 Å². The van der Waals surface area contributed by atoms with Crippen LogP contribution < -0.4 is 5.32 Å². The van der Waals surface area contributed by atoms with Gasteiger partial charge in [-0.15, -0.1) is 0 Å². The van der Waals surface area contributed by atoms with Crippen LogP contribution in [-0.4, -0.2) is 43.5 Å². The maximum atomic E-state index is 13.4. The molecule has 1 aliphatic heterocycles. The van der Waals surface area contributed by atoms with E-state index in [1.165, 1.54) is 0 Å². The first-order valence-corrected chi connectivity index (χ1v) is 9.83. The molecule has 0 radical (unpaired) electrons. The Kier molecular flexibility index (Phi) is 6.47. The Balaban J connectivity index is 1.74. The van der Waals surface area contributed by atoms with Gasteiger partial charge in [0.15, 0.2) is 0 Å². The van der Waals surface area contributed by atoms with Crippen molar-refractivity contribution in [2.75, 3.05) is 32.1 Å². The minimum atomic E-state index is -0.629. The lowest BCUT2D eigenvalue weighted by molar-refractivity contribution is -0.142. The van der Waals surface area contributed by atoms with Crippen molar-refractivity contribution in [3.05, 3.63) is 65.7 Å². The summed E-state index contributed by atoms with van der Waals surface area (Å²) in [5.74, 6) is -0.215. The molecule has 0 aromatic heterocycles. The molecule has 5 nitrogen and oxygen atoms in total. The summed E-state index contributed by atoms with van der Waals surface area (Å²) in [5.41, 5.74) is 2.25. The maximum absolute atomic E-state index is 13.4. The van der Waals surface area contributed by atoms with Gasteiger partial charge in [-0.2, -0.15) is 0 Å². The number of carbonyl (C=O) groups is 2. The van der Waals surface area contributed by atoms with Gasteiger partial charge in [-0.05, 0) is 36.5 Å². The molecule has 0 aliphatic carbocycles. The van der Waals surface area contributed by atoms with Crippen LogP contribution in [0.5, 0.6) is 0 Å². The van der Waals surface area contributed by atoms with Gasteiger partial charge in [0.2, 0.25) is 11.8 Å². The average Bonchev–Trinajstić information content (AvgIpc) is 2.74. The lowest BCUT2D eigenvalue weighted by Gasteiger charge is -2.39. The van der Waals surface area contributed by atoms with Crippen LogP contribution in [0.4, 0.5) is 5.69 Å². The molecule has 5 heteroatoms. The standard InChI is InChI=1S/C23H28N2O3/c1-3-18-9-7-8-12-20(18)24-21(26)17-25(2)22(27)23(13-15-28-16-14-23)19-10-5-4-6-11-19/h4-12H,3,13-17H2,1-2H3,(H,24,26). The molecule has 2 aromatic carbocycles. The van der Waals surface area contributed by atoms with Crippen molar-refractivity contribution in [2.45, 2.75) is 31.6 Å². The number of hydrogen-bond donors (Lipinski definition) is 1. The molecule has 0 spiro atoms. The fourth-order valence-electron chi connectivity index (χ4n) is 3.90. The summed E-state index contributed by atoms with van der Waals surface area (Å²) in [4.78, 5) is 27.6. The SMILES string of the molecule is CCc1ccccc1NC(=O)CN(C)C(=O)C1(c2ccccc2)CCOCC1. The number of para-hydroxylation sites is 1. The number of ether oxygens (including phenoxy) is 1. The van der Waals surface area contributed by atoms with Crippen LogP contribution in [0.3, 0.4) is 0 Å². The largest absolute Gasteiger partial charge is 0.381 e.